The zero-order chi connectivity index (χ0) is 12.7. The molecule has 2 aromatic rings. The number of nitrogens with zero attached hydrogens (tertiary/aromatic N) is 4. The zero-order valence-corrected chi connectivity index (χ0v) is 11.2. The Kier molecular flexibility index (Phi) is 2.82. The topological polar surface area (TPSA) is 43.6 Å². The van der Waals surface area contributed by atoms with E-state index in [-0.39, 0.29) is 0 Å². The van der Waals surface area contributed by atoms with E-state index in [0.717, 1.165) is 11.4 Å². The summed E-state index contributed by atoms with van der Waals surface area (Å²) in [6.07, 6.45) is 6.09. The molecule has 0 N–H and O–H groups in total. The summed E-state index contributed by atoms with van der Waals surface area (Å²) in [6.45, 7) is 4.20. The first-order valence-corrected chi connectivity index (χ1v) is 6.59. The Morgan fingerprint density at radius 3 is 2.78 bits per heavy atom. The number of hydrogen-bond acceptors (Lipinski definition) is 3. The Morgan fingerprint density at radius 2 is 2.11 bits per heavy atom. The van der Waals surface area contributed by atoms with E-state index in [2.05, 4.69) is 33.4 Å². The fourth-order valence-corrected chi connectivity index (χ4v) is 2.16. The van der Waals surface area contributed by atoms with E-state index in [1.165, 1.54) is 12.8 Å². The van der Waals surface area contributed by atoms with Gasteiger partial charge in [-0.2, -0.15) is 0 Å². The van der Waals surface area contributed by atoms with Crippen LogP contribution in [0.2, 0.25) is 5.15 Å². The van der Waals surface area contributed by atoms with Gasteiger partial charge in [0.25, 0.3) is 0 Å². The summed E-state index contributed by atoms with van der Waals surface area (Å²) in [7, 11) is 0. The van der Waals surface area contributed by atoms with Crippen molar-refractivity contribution in [3.05, 3.63) is 29.4 Å². The summed E-state index contributed by atoms with van der Waals surface area (Å²) in [5.74, 6) is 1.01. The molecule has 0 aliphatic heterocycles. The smallest absolute Gasteiger partial charge is 0.179 e. The highest BCUT2D eigenvalue weighted by Crippen LogP contribution is 2.37. The summed E-state index contributed by atoms with van der Waals surface area (Å²) in [5, 5.41) is 0.493. The lowest BCUT2D eigenvalue weighted by molar-refractivity contribution is 0.739. The van der Waals surface area contributed by atoms with Gasteiger partial charge in [0.15, 0.2) is 5.82 Å². The van der Waals surface area contributed by atoms with Crippen molar-refractivity contribution >= 4 is 11.6 Å². The van der Waals surface area contributed by atoms with Gasteiger partial charge >= 0.3 is 0 Å². The lowest BCUT2D eigenvalue weighted by Gasteiger charge is -2.09. The van der Waals surface area contributed by atoms with Crippen LogP contribution < -0.4 is 0 Å². The minimum absolute atomic E-state index is 0.335. The van der Waals surface area contributed by atoms with Crippen LogP contribution in [0.25, 0.3) is 11.5 Å². The number of rotatable bonds is 3. The first-order chi connectivity index (χ1) is 8.65. The van der Waals surface area contributed by atoms with Gasteiger partial charge in [-0.25, -0.2) is 15.0 Å². The molecule has 1 saturated carbocycles. The molecule has 94 valence electrons. The monoisotopic (exact) mass is 262 g/mol. The molecular formula is C13H15ClN4. The minimum atomic E-state index is 0.335. The van der Waals surface area contributed by atoms with Gasteiger partial charge in [0.05, 0.1) is 12.5 Å². The molecule has 0 saturated heterocycles. The van der Waals surface area contributed by atoms with Crippen LogP contribution in [0.3, 0.4) is 0 Å². The van der Waals surface area contributed by atoms with Gasteiger partial charge in [-0.1, -0.05) is 25.4 Å². The highest BCUT2D eigenvalue weighted by Gasteiger charge is 2.26. The van der Waals surface area contributed by atoms with Crippen molar-refractivity contribution in [2.24, 2.45) is 0 Å². The van der Waals surface area contributed by atoms with Gasteiger partial charge in [0, 0.05) is 11.7 Å². The predicted molar refractivity (Wildman–Crippen MR) is 70.6 cm³/mol. The van der Waals surface area contributed by atoms with E-state index in [1.807, 2.05) is 18.6 Å². The highest BCUT2D eigenvalue weighted by atomic mass is 35.5. The Labute approximate surface area is 111 Å². The van der Waals surface area contributed by atoms with Crippen LogP contribution in [-0.4, -0.2) is 19.5 Å². The van der Waals surface area contributed by atoms with Crippen molar-refractivity contribution in [1.82, 2.24) is 19.5 Å². The zero-order valence-electron chi connectivity index (χ0n) is 10.5. The number of aromatic nitrogens is 4. The Balaban J connectivity index is 2.07. The summed E-state index contributed by atoms with van der Waals surface area (Å²) < 4.78 is 2.15. The summed E-state index contributed by atoms with van der Waals surface area (Å²) in [5.41, 5.74) is 1.93. The Bertz CT molecular complexity index is 572. The van der Waals surface area contributed by atoms with Crippen molar-refractivity contribution in [2.75, 3.05) is 0 Å². The Hall–Kier alpha value is -1.42. The van der Waals surface area contributed by atoms with E-state index >= 15 is 0 Å². The molecule has 0 bridgehead atoms. The summed E-state index contributed by atoms with van der Waals surface area (Å²) in [4.78, 5) is 13.1. The van der Waals surface area contributed by atoms with Crippen LogP contribution in [0.15, 0.2) is 18.6 Å². The van der Waals surface area contributed by atoms with Crippen LogP contribution in [0.1, 0.15) is 44.3 Å². The van der Waals surface area contributed by atoms with Crippen molar-refractivity contribution in [2.45, 2.75) is 38.6 Å². The third-order valence-corrected chi connectivity index (χ3v) is 3.34. The van der Waals surface area contributed by atoms with Crippen molar-refractivity contribution in [3.8, 4) is 11.5 Å². The number of halogens is 1. The fourth-order valence-electron chi connectivity index (χ4n) is 1.97. The molecule has 0 spiro atoms. The molecule has 0 unspecified atom stereocenters. The second kappa shape index (κ2) is 4.35. The molecule has 0 aromatic carbocycles. The average molecular weight is 263 g/mol. The van der Waals surface area contributed by atoms with Gasteiger partial charge in [-0.05, 0) is 24.8 Å². The van der Waals surface area contributed by atoms with Gasteiger partial charge in [-0.3, -0.25) is 0 Å². The molecule has 18 heavy (non-hydrogen) atoms. The van der Waals surface area contributed by atoms with E-state index < -0.39 is 0 Å². The first kappa shape index (κ1) is 11.7. The molecule has 0 amide bonds. The van der Waals surface area contributed by atoms with Crippen LogP contribution in [0.5, 0.6) is 0 Å². The standard InChI is InChI=1S/C13H15ClN4/c1-8(2)10-5-12(14)17-13(16-10)11-6-15-7-18(11)9-3-4-9/h5-9H,3-4H2,1-2H3. The molecule has 1 fully saturated rings. The molecule has 4 nitrogen and oxygen atoms in total. The average Bonchev–Trinajstić information content (AvgIpc) is 3.06. The molecule has 2 heterocycles. The number of hydrogen-bond donors (Lipinski definition) is 0. The third kappa shape index (κ3) is 2.12. The molecule has 5 heteroatoms. The fraction of sp³-hybridized carbons (Fsp3) is 0.462. The van der Waals surface area contributed by atoms with Gasteiger partial charge < -0.3 is 4.57 Å². The minimum Gasteiger partial charge on any atom is -0.325 e. The largest absolute Gasteiger partial charge is 0.325 e. The van der Waals surface area contributed by atoms with E-state index in [9.17, 15) is 0 Å². The second-order valence-corrected chi connectivity index (χ2v) is 5.40. The van der Waals surface area contributed by atoms with Crippen molar-refractivity contribution in [1.29, 1.82) is 0 Å². The maximum atomic E-state index is 6.08. The molecule has 3 rings (SSSR count). The molecule has 1 aliphatic rings. The van der Waals surface area contributed by atoms with Crippen LogP contribution in [0.4, 0.5) is 0 Å². The maximum absolute atomic E-state index is 6.08. The lowest BCUT2D eigenvalue weighted by atomic mass is 10.1. The van der Waals surface area contributed by atoms with Crippen LogP contribution >= 0.6 is 11.6 Å². The van der Waals surface area contributed by atoms with E-state index in [1.54, 1.807) is 0 Å². The molecule has 0 atom stereocenters. The van der Waals surface area contributed by atoms with Crippen molar-refractivity contribution < 1.29 is 0 Å². The normalized spacial score (nSPS) is 15.3. The third-order valence-electron chi connectivity index (χ3n) is 3.14. The SMILES string of the molecule is CC(C)c1cc(Cl)nc(-c2cncn2C2CC2)n1. The highest BCUT2D eigenvalue weighted by molar-refractivity contribution is 6.29. The molecule has 2 aromatic heterocycles. The second-order valence-electron chi connectivity index (χ2n) is 5.01. The summed E-state index contributed by atoms with van der Waals surface area (Å²) in [6, 6.07) is 2.39. The molecule has 1 aliphatic carbocycles. The van der Waals surface area contributed by atoms with E-state index in [0.29, 0.717) is 22.9 Å². The maximum Gasteiger partial charge on any atom is 0.179 e. The quantitative estimate of drug-likeness (QED) is 0.796. The van der Waals surface area contributed by atoms with Crippen LogP contribution in [-0.2, 0) is 0 Å². The summed E-state index contributed by atoms with van der Waals surface area (Å²) >= 11 is 6.08. The van der Waals surface area contributed by atoms with Crippen molar-refractivity contribution in [3.63, 3.8) is 0 Å². The molecule has 0 radical (unpaired) electrons. The lowest BCUT2D eigenvalue weighted by Crippen LogP contribution is -2.02. The van der Waals surface area contributed by atoms with Gasteiger partial charge in [0.2, 0.25) is 0 Å². The number of imidazole rings is 1. The molecular weight excluding hydrogens is 248 g/mol. The first-order valence-electron chi connectivity index (χ1n) is 6.22. The Morgan fingerprint density at radius 1 is 1.33 bits per heavy atom. The van der Waals surface area contributed by atoms with Crippen LogP contribution in [0, 0.1) is 0 Å². The van der Waals surface area contributed by atoms with Gasteiger partial charge in [0.1, 0.15) is 10.8 Å². The van der Waals surface area contributed by atoms with Gasteiger partial charge in [-0.15, -0.1) is 0 Å². The van der Waals surface area contributed by atoms with E-state index in [4.69, 9.17) is 11.6 Å². The predicted octanol–water partition coefficient (Wildman–Crippen LogP) is 3.45.